The quantitative estimate of drug-likeness (QED) is 0.775. The summed E-state index contributed by atoms with van der Waals surface area (Å²) in [6, 6.07) is 3.61. The number of thiophene rings is 1. The molecular formula is C12H16ClNOS. The fourth-order valence-corrected chi connectivity index (χ4v) is 3.15. The van der Waals surface area contributed by atoms with Crippen molar-refractivity contribution in [2.24, 2.45) is 5.92 Å². The molecule has 0 spiro atoms. The van der Waals surface area contributed by atoms with E-state index in [1.165, 1.54) is 24.2 Å². The first-order valence-corrected chi connectivity index (χ1v) is 6.85. The van der Waals surface area contributed by atoms with Gasteiger partial charge in [-0.2, -0.15) is 0 Å². The molecule has 1 saturated heterocycles. The lowest BCUT2D eigenvalue weighted by atomic mass is 10.0. The van der Waals surface area contributed by atoms with E-state index in [0.717, 1.165) is 18.0 Å². The minimum absolute atomic E-state index is 0.200. The number of hydrogen-bond acceptors (Lipinski definition) is 3. The van der Waals surface area contributed by atoms with Crippen LogP contribution in [-0.4, -0.2) is 30.3 Å². The minimum Gasteiger partial charge on any atom is -0.296 e. The lowest BCUT2D eigenvalue weighted by Gasteiger charge is -2.29. The zero-order chi connectivity index (χ0) is 11.5. The zero-order valence-electron chi connectivity index (χ0n) is 9.41. The Kier molecular flexibility index (Phi) is 4.00. The molecule has 4 heteroatoms. The Morgan fingerprint density at radius 1 is 1.62 bits per heavy atom. The second-order valence-corrected chi connectivity index (χ2v) is 6.22. The second-order valence-electron chi connectivity index (χ2n) is 4.51. The van der Waals surface area contributed by atoms with Crippen molar-refractivity contribution in [1.29, 1.82) is 0 Å². The van der Waals surface area contributed by atoms with Gasteiger partial charge in [0, 0.05) is 6.54 Å². The highest BCUT2D eigenvalue weighted by molar-refractivity contribution is 7.18. The van der Waals surface area contributed by atoms with Crippen LogP contribution in [0.15, 0.2) is 12.1 Å². The number of piperidine rings is 1. The molecule has 0 radical (unpaired) electrons. The molecule has 0 bridgehead atoms. The average molecular weight is 258 g/mol. The summed E-state index contributed by atoms with van der Waals surface area (Å²) in [6.07, 6.45) is 2.50. The topological polar surface area (TPSA) is 20.3 Å². The number of rotatable bonds is 3. The largest absolute Gasteiger partial charge is 0.296 e. The first-order chi connectivity index (χ1) is 7.65. The van der Waals surface area contributed by atoms with E-state index < -0.39 is 0 Å². The Morgan fingerprint density at radius 3 is 3.06 bits per heavy atom. The van der Waals surface area contributed by atoms with Crippen LogP contribution < -0.4 is 0 Å². The van der Waals surface area contributed by atoms with Gasteiger partial charge in [0.15, 0.2) is 5.78 Å². The molecule has 1 fully saturated rings. The van der Waals surface area contributed by atoms with Gasteiger partial charge in [0.05, 0.1) is 15.8 Å². The van der Waals surface area contributed by atoms with Crippen LogP contribution in [0, 0.1) is 5.92 Å². The van der Waals surface area contributed by atoms with Crippen LogP contribution in [0.3, 0.4) is 0 Å². The molecule has 2 heterocycles. The molecule has 0 N–H and O–H groups in total. The van der Waals surface area contributed by atoms with Crippen molar-refractivity contribution < 1.29 is 4.79 Å². The molecule has 16 heavy (non-hydrogen) atoms. The van der Waals surface area contributed by atoms with Gasteiger partial charge in [-0.15, -0.1) is 11.3 Å². The van der Waals surface area contributed by atoms with E-state index >= 15 is 0 Å². The SMILES string of the molecule is C[C@H]1CCCN(CC(=O)c2ccc(Cl)s2)C1. The summed E-state index contributed by atoms with van der Waals surface area (Å²) in [7, 11) is 0. The van der Waals surface area contributed by atoms with Crippen LogP contribution in [0.2, 0.25) is 4.34 Å². The molecule has 1 aromatic rings. The van der Waals surface area contributed by atoms with Gasteiger partial charge >= 0.3 is 0 Å². The minimum atomic E-state index is 0.200. The molecule has 88 valence electrons. The van der Waals surface area contributed by atoms with Crippen LogP contribution >= 0.6 is 22.9 Å². The van der Waals surface area contributed by atoms with E-state index in [1.807, 2.05) is 6.07 Å². The predicted molar refractivity (Wildman–Crippen MR) is 68.5 cm³/mol. The molecule has 1 aromatic heterocycles. The van der Waals surface area contributed by atoms with Crippen LogP contribution in [0.5, 0.6) is 0 Å². The van der Waals surface area contributed by atoms with E-state index in [-0.39, 0.29) is 5.78 Å². The summed E-state index contributed by atoms with van der Waals surface area (Å²) in [4.78, 5) is 15.0. The Hall–Kier alpha value is -0.380. The fourth-order valence-electron chi connectivity index (χ4n) is 2.18. The Labute approximate surface area is 105 Å². The summed E-state index contributed by atoms with van der Waals surface area (Å²) < 4.78 is 0.690. The molecule has 0 aromatic carbocycles. The van der Waals surface area contributed by atoms with Gasteiger partial charge in [-0.1, -0.05) is 18.5 Å². The monoisotopic (exact) mass is 257 g/mol. The first kappa shape index (κ1) is 12.1. The zero-order valence-corrected chi connectivity index (χ0v) is 11.0. The number of Topliss-reactive ketones (excluding diaryl/α,β-unsaturated/α-hetero) is 1. The Morgan fingerprint density at radius 2 is 2.44 bits per heavy atom. The van der Waals surface area contributed by atoms with Gasteiger partial charge in [0.2, 0.25) is 0 Å². The molecular weight excluding hydrogens is 242 g/mol. The number of likely N-dealkylation sites (tertiary alicyclic amines) is 1. The lowest BCUT2D eigenvalue weighted by Crippen LogP contribution is -2.37. The number of carbonyl (C=O) groups is 1. The summed E-state index contributed by atoms with van der Waals surface area (Å²) >= 11 is 7.20. The van der Waals surface area contributed by atoms with Gasteiger partial charge in [-0.25, -0.2) is 0 Å². The highest BCUT2D eigenvalue weighted by atomic mass is 35.5. The Bertz CT molecular complexity index is 377. The van der Waals surface area contributed by atoms with E-state index in [2.05, 4.69) is 11.8 Å². The number of hydrogen-bond donors (Lipinski definition) is 0. The third-order valence-corrected chi connectivity index (χ3v) is 4.23. The molecule has 0 unspecified atom stereocenters. The highest BCUT2D eigenvalue weighted by Crippen LogP contribution is 2.23. The third-order valence-electron chi connectivity index (χ3n) is 2.96. The third kappa shape index (κ3) is 3.06. The molecule has 0 saturated carbocycles. The van der Waals surface area contributed by atoms with E-state index in [9.17, 15) is 4.79 Å². The standard InChI is InChI=1S/C12H16ClNOS/c1-9-3-2-6-14(7-9)8-10(15)11-4-5-12(13)16-11/h4-5,9H,2-3,6-8H2,1H3/t9-/m0/s1. The Balaban J connectivity index is 1.92. The normalized spacial score (nSPS) is 22.2. The van der Waals surface area contributed by atoms with Gasteiger partial charge in [-0.05, 0) is 37.4 Å². The van der Waals surface area contributed by atoms with Crippen molar-refractivity contribution in [2.75, 3.05) is 19.6 Å². The van der Waals surface area contributed by atoms with Crippen LogP contribution in [0.4, 0.5) is 0 Å². The average Bonchev–Trinajstić information content (AvgIpc) is 2.65. The number of carbonyl (C=O) groups excluding carboxylic acids is 1. The molecule has 1 atom stereocenters. The van der Waals surface area contributed by atoms with E-state index in [1.54, 1.807) is 6.07 Å². The van der Waals surface area contributed by atoms with Crippen molar-refractivity contribution in [2.45, 2.75) is 19.8 Å². The number of ketones is 1. The first-order valence-electron chi connectivity index (χ1n) is 5.66. The van der Waals surface area contributed by atoms with Crippen molar-refractivity contribution in [3.05, 3.63) is 21.3 Å². The molecule has 1 aliphatic rings. The summed E-state index contributed by atoms with van der Waals surface area (Å²) in [5.74, 6) is 0.916. The number of nitrogens with zero attached hydrogens (tertiary/aromatic N) is 1. The van der Waals surface area contributed by atoms with E-state index in [0.29, 0.717) is 16.8 Å². The van der Waals surface area contributed by atoms with Crippen molar-refractivity contribution in [3.8, 4) is 0 Å². The second kappa shape index (κ2) is 5.30. The van der Waals surface area contributed by atoms with Crippen LogP contribution in [-0.2, 0) is 0 Å². The summed E-state index contributed by atoms with van der Waals surface area (Å²) in [6.45, 7) is 4.89. The van der Waals surface area contributed by atoms with Gasteiger partial charge in [0.25, 0.3) is 0 Å². The van der Waals surface area contributed by atoms with Crippen molar-refractivity contribution in [1.82, 2.24) is 4.90 Å². The van der Waals surface area contributed by atoms with Gasteiger partial charge in [0.1, 0.15) is 0 Å². The van der Waals surface area contributed by atoms with Gasteiger partial charge in [-0.3, -0.25) is 9.69 Å². The van der Waals surface area contributed by atoms with Gasteiger partial charge < -0.3 is 0 Å². The lowest BCUT2D eigenvalue weighted by molar-refractivity contribution is 0.0897. The van der Waals surface area contributed by atoms with Crippen molar-refractivity contribution >= 4 is 28.7 Å². The van der Waals surface area contributed by atoms with Crippen molar-refractivity contribution in [3.63, 3.8) is 0 Å². The summed E-state index contributed by atoms with van der Waals surface area (Å²) in [5, 5.41) is 0. The molecule has 0 amide bonds. The highest BCUT2D eigenvalue weighted by Gasteiger charge is 2.19. The van der Waals surface area contributed by atoms with Crippen LogP contribution in [0.1, 0.15) is 29.4 Å². The number of halogens is 1. The maximum absolute atomic E-state index is 11.9. The molecule has 0 aliphatic carbocycles. The molecule has 2 nitrogen and oxygen atoms in total. The van der Waals surface area contributed by atoms with Crippen LogP contribution in [0.25, 0.3) is 0 Å². The molecule has 1 aliphatic heterocycles. The smallest absolute Gasteiger partial charge is 0.186 e. The summed E-state index contributed by atoms with van der Waals surface area (Å²) in [5.41, 5.74) is 0. The maximum atomic E-state index is 11.9. The predicted octanol–water partition coefficient (Wildman–Crippen LogP) is 3.32. The van der Waals surface area contributed by atoms with E-state index in [4.69, 9.17) is 11.6 Å². The fraction of sp³-hybridized carbons (Fsp3) is 0.583. The molecule has 2 rings (SSSR count). The maximum Gasteiger partial charge on any atom is 0.186 e.